The Kier molecular flexibility index (Phi) is 5.62. The first-order chi connectivity index (χ1) is 9.20. The third-order valence-electron chi connectivity index (χ3n) is 2.31. The minimum absolute atomic E-state index is 0.116. The Morgan fingerprint density at radius 2 is 2.05 bits per heavy atom. The molecular weight excluding hydrogens is 319 g/mol. The van der Waals surface area contributed by atoms with Crippen LogP contribution in [0, 0.1) is 11.8 Å². The summed E-state index contributed by atoms with van der Waals surface area (Å²) in [7, 11) is 0. The summed E-state index contributed by atoms with van der Waals surface area (Å²) >= 11 is 15.2. The second-order valence-electron chi connectivity index (χ2n) is 3.58. The lowest BCUT2D eigenvalue weighted by atomic mass is 10.3. The van der Waals surface area contributed by atoms with Crippen molar-refractivity contribution < 1.29 is 5.11 Å². The molecule has 0 saturated heterocycles. The monoisotopic (exact) mass is 328 g/mol. The van der Waals surface area contributed by atoms with Crippen LogP contribution in [0.2, 0.25) is 10.0 Å². The molecule has 98 valence electrons. The molecule has 1 heterocycles. The summed E-state index contributed by atoms with van der Waals surface area (Å²) in [5.41, 5.74) is 0.978. The van der Waals surface area contributed by atoms with E-state index >= 15 is 0 Å². The van der Waals surface area contributed by atoms with Crippen LogP contribution in [-0.2, 0) is 5.75 Å². The van der Waals surface area contributed by atoms with Crippen LogP contribution < -0.4 is 0 Å². The first-order valence-corrected chi connectivity index (χ1v) is 8.07. The van der Waals surface area contributed by atoms with Crippen molar-refractivity contribution in [1.29, 1.82) is 0 Å². The highest BCUT2D eigenvalue weighted by Gasteiger charge is 2.05. The lowest BCUT2D eigenvalue weighted by Crippen LogP contribution is -1.81. The molecule has 2 rings (SSSR count). The Labute approximate surface area is 130 Å². The third-order valence-corrected chi connectivity index (χ3v) is 5.17. The molecule has 5 heteroatoms. The molecule has 19 heavy (non-hydrogen) atoms. The van der Waals surface area contributed by atoms with E-state index in [1.807, 2.05) is 23.6 Å². The average Bonchev–Trinajstić information content (AvgIpc) is 2.85. The van der Waals surface area contributed by atoms with Gasteiger partial charge in [-0.2, -0.15) is 0 Å². The second-order valence-corrected chi connectivity index (χ2v) is 6.45. The van der Waals surface area contributed by atoms with Gasteiger partial charge in [-0.25, -0.2) is 0 Å². The van der Waals surface area contributed by atoms with Crippen LogP contribution >= 0.6 is 46.3 Å². The molecule has 0 unspecified atom stereocenters. The number of aliphatic hydroxyl groups is 1. The summed E-state index contributed by atoms with van der Waals surface area (Å²) in [5, 5.41) is 11.9. The van der Waals surface area contributed by atoms with Crippen molar-refractivity contribution >= 4 is 46.3 Å². The fraction of sp³-hybridized carbons (Fsp3) is 0.143. The molecule has 1 aromatic carbocycles. The molecule has 0 radical (unpaired) electrons. The molecule has 2 aromatic rings. The van der Waals surface area contributed by atoms with Crippen molar-refractivity contribution in [1.82, 2.24) is 0 Å². The second kappa shape index (κ2) is 7.23. The first kappa shape index (κ1) is 14.8. The van der Waals surface area contributed by atoms with E-state index in [-0.39, 0.29) is 6.61 Å². The van der Waals surface area contributed by atoms with E-state index in [0.29, 0.717) is 10.0 Å². The van der Waals surface area contributed by atoms with E-state index in [1.165, 1.54) is 4.88 Å². The van der Waals surface area contributed by atoms with Crippen LogP contribution in [0.4, 0.5) is 0 Å². The van der Waals surface area contributed by atoms with Crippen molar-refractivity contribution in [2.45, 2.75) is 10.6 Å². The number of hydrogen-bond donors (Lipinski definition) is 1. The maximum absolute atomic E-state index is 8.72. The standard InChI is InChI=1S/C14H10Cl2OS2/c15-12-4-3-11(8-13(12)16)19-9-14-10(2-1-6-17)5-7-18-14/h3-5,7-8,17H,6,9H2. The zero-order valence-corrected chi connectivity index (χ0v) is 13.0. The van der Waals surface area contributed by atoms with Crippen LogP contribution in [0.5, 0.6) is 0 Å². The Hall–Kier alpha value is -0.630. The van der Waals surface area contributed by atoms with E-state index in [4.69, 9.17) is 28.3 Å². The van der Waals surface area contributed by atoms with Gasteiger partial charge >= 0.3 is 0 Å². The number of aliphatic hydroxyl groups excluding tert-OH is 1. The van der Waals surface area contributed by atoms with Gasteiger partial charge in [0.25, 0.3) is 0 Å². The summed E-state index contributed by atoms with van der Waals surface area (Å²) in [6, 6.07) is 7.58. The third kappa shape index (κ3) is 4.17. The molecule has 0 bridgehead atoms. The largest absolute Gasteiger partial charge is 0.384 e. The summed E-state index contributed by atoms with van der Waals surface area (Å²) in [4.78, 5) is 2.26. The molecule has 0 atom stereocenters. The first-order valence-electron chi connectivity index (χ1n) is 5.44. The number of halogens is 2. The Morgan fingerprint density at radius 1 is 1.21 bits per heavy atom. The minimum atomic E-state index is -0.116. The number of rotatable bonds is 3. The van der Waals surface area contributed by atoms with Gasteiger partial charge in [-0.3, -0.25) is 0 Å². The zero-order chi connectivity index (χ0) is 13.7. The summed E-state index contributed by atoms with van der Waals surface area (Å²) in [6.07, 6.45) is 0. The van der Waals surface area contributed by atoms with Gasteiger partial charge in [-0.1, -0.05) is 35.0 Å². The van der Waals surface area contributed by atoms with Crippen molar-refractivity contribution in [3.05, 3.63) is 50.1 Å². The maximum Gasteiger partial charge on any atom is 0.104 e. The van der Waals surface area contributed by atoms with Gasteiger partial charge in [0.15, 0.2) is 0 Å². The summed E-state index contributed by atoms with van der Waals surface area (Å²) in [6.45, 7) is -0.116. The van der Waals surface area contributed by atoms with Gasteiger partial charge in [-0.05, 0) is 29.6 Å². The van der Waals surface area contributed by atoms with E-state index < -0.39 is 0 Å². The number of thioether (sulfide) groups is 1. The predicted molar refractivity (Wildman–Crippen MR) is 84.3 cm³/mol. The maximum atomic E-state index is 8.72. The van der Waals surface area contributed by atoms with Crippen LogP contribution in [0.25, 0.3) is 0 Å². The summed E-state index contributed by atoms with van der Waals surface area (Å²) < 4.78 is 0. The highest BCUT2D eigenvalue weighted by molar-refractivity contribution is 7.98. The summed E-state index contributed by atoms with van der Waals surface area (Å²) in [5.74, 6) is 6.44. The van der Waals surface area contributed by atoms with Gasteiger partial charge in [0.2, 0.25) is 0 Å². The van der Waals surface area contributed by atoms with Crippen LogP contribution in [0.3, 0.4) is 0 Å². The fourth-order valence-corrected chi connectivity index (χ4v) is 3.66. The van der Waals surface area contributed by atoms with Gasteiger partial charge in [-0.15, -0.1) is 23.1 Å². The molecule has 0 spiro atoms. The van der Waals surface area contributed by atoms with Gasteiger partial charge in [0, 0.05) is 21.1 Å². The highest BCUT2D eigenvalue weighted by atomic mass is 35.5. The molecule has 0 amide bonds. The molecule has 0 saturated carbocycles. The lowest BCUT2D eigenvalue weighted by Gasteiger charge is -2.02. The van der Waals surface area contributed by atoms with E-state index in [1.54, 1.807) is 29.2 Å². The highest BCUT2D eigenvalue weighted by Crippen LogP contribution is 2.31. The lowest BCUT2D eigenvalue weighted by molar-refractivity contribution is 0.350. The molecule has 0 aliphatic heterocycles. The molecule has 1 nitrogen and oxygen atoms in total. The van der Waals surface area contributed by atoms with Gasteiger partial charge < -0.3 is 5.11 Å². The molecular formula is C14H10Cl2OS2. The van der Waals surface area contributed by atoms with Crippen LogP contribution in [0.15, 0.2) is 34.5 Å². The van der Waals surface area contributed by atoms with E-state index in [2.05, 4.69) is 11.8 Å². The van der Waals surface area contributed by atoms with Crippen LogP contribution in [-0.4, -0.2) is 11.7 Å². The van der Waals surface area contributed by atoms with E-state index in [9.17, 15) is 0 Å². The topological polar surface area (TPSA) is 20.2 Å². The number of hydrogen-bond acceptors (Lipinski definition) is 3. The Balaban J connectivity index is 2.06. The zero-order valence-electron chi connectivity index (χ0n) is 9.82. The van der Waals surface area contributed by atoms with Gasteiger partial charge in [0.1, 0.15) is 6.61 Å². The predicted octanol–water partition coefficient (Wildman–Crippen LogP) is 4.69. The number of thiophene rings is 1. The fourth-order valence-electron chi connectivity index (χ4n) is 1.41. The SMILES string of the molecule is OCC#Cc1ccsc1CSc1ccc(Cl)c(Cl)c1. The quantitative estimate of drug-likeness (QED) is 0.651. The number of benzene rings is 1. The van der Waals surface area contributed by atoms with E-state index in [0.717, 1.165) is 16.2 Å². The molecule has 0 aliphatic rings. The minimum Gasteiger partial charge on any atom is -0.384 e. The molecule has 0 fully saturated rings. The Bertz CT molecular complexity index is 626. The van der Waals surface area contributed by atoms with Crippen molar-refractivity contribution in [2.24, 2.45) is 0 Å². The van der Waals surface area contributed by atoms with Crippen molar-refractivity contribution in [2.75, 3.05) is 6.61 Å². The Morgan fingerprint density at radius 3 is 2.79 bits per heavy atom. The smallest absolute Gasteiger partial charge is 0.104 e. The van der Waals surface area contributed by atoms with Crippen molar-refractivity contribution in [3.63, 3.8) is 0 Å². The average molecular weight is 329 g/mol. The molecule has 1 N–H and O–H groups in total. The van der Waals surface area contributed by atoms with Crippen molar-refractivity contribution in [3.8, 4) is 11.8 Å². The van der Waals surface area contributed by atoms with Gasteiger partial charge in [0.05, 0.1) is 10.0 Å². The normalized spacial score (nSPS) is 10.1. The molecule has 1 aromatic heterocycles. The van der Waals surface area contributed by atoms with Crippen LogP contribution in [0.1, 0.15) is 10.4 Å². The molecule has 0 aliphatic carbocycles.